The highest BCUT2D eigenvalue weighted by atomic mass is 19.3. The van der Waals surface area contributed by atoms with Gasteiger partial charge in [0, 0.05) is 12.7 Å². The third kappa shape index (κ3) is 2.73. The minimum absolute atomic E-state index is 0.0754. The van der Waals surface area contributed by atoms with Crippen LogP contribution in [0.2, 0.25) is 0 Å². The molecule has 1 heterocycles. The van der Waals surface area contributed by atoms with Gasteiger partial charge in [-0.25, -0.2) is 13.6 Å². The van der Waals surface area contributed by atoms with Crippen LogP contribution in [0.5, 0.6) is 5.75 Å². The molecule has 1 rings (SSSR count). The highest BCUT2D eigenvalue weighted by Gasteiger charge is 2.26. The van der Waals surface area contributed by atoms with Crippen molar-refractivity contribution >= 4 is 5.97 Å². The third-order valence-electron chi connectivity index (χ3n) is 2.25. The maximum atomic E-state index is 12.8. The van der Waals surface area contributed by atoms with E-state index in [1.807, 2.05) is 0 Å². The number of aromatic nitrogens is 1. The number of nitrogens with zero attached hydrogens (tertiary/aromatic N) is 1. The quantitative estimate of drug-likeness (QED) is 0.815. The molecule has 7 heteroatoms. The van der Waals surface area contributed by atoms with Crippen LogP contribution in [0.4, 0.5) is 8.78 Å². The monoisotopic (exact) mass is 260 g/mol. The van der Waals surface area contributed by atoms with Crippen LogP contribution in [-0.4, -0.2) is 24.7 Å². The second-order valence-corrected chi connectivity index (χ2v) is 3.29. The molecule has 0 aliphatic rings. The second-order valence-electron chi connectivity index (χ2n) is 3.29. The number of pyridine rings is 1. The van der Waals surface area contributed by atoms with E-state index in [2.05, 4.69) is 4.98 Å². The van der Waals surface area contributed by atoms with Crippen molar-refractivity contribution in [3.63, 3.8) is 0 Å². The Morgan fingerprint density at radius 3 is 2.67 bits per heavy atom. The van der Waals surface area contributed by atoms with E-state index in [-0.39, 0.29) is 30.2 Å². The fraction of sp³-hybridized carbons (Fsp3) is 0.455. The van der Waals surface area contributed by atoms with Crippen molar-refractivity contribution in [2.24, 2.45) is 5.73 Å². The molecule has 100 valence electrons. The first-order valence-electron chi connectivity index (χ1n) is 5.27. The molecular weight excluding hydrogens is 246 g/mol. The summed E-state index contributed by atoms with van der Waals surface area (Å²) in [5, 5.41) is 0. The highest BCUT2D eigenvalue weighted by Crippen LogP contribution is 2.33. The van der Waals surface area contributed by atoms with Crippen LogP contribution in [0.15, 0.2) is 6.20 Å². The number of hydrogen-bond acceptors (Lipinski definition) is 5. The predicted molar refractivity (Wildman–Crippen MR) is 59.6 cm³/mol. The Balaban J connectivity index is 3.41. The number of halogens is 2. The zero-order valence-electron chi connectivity index (χ0n) is 10.1. The van der Waals surface area contributed by atoms with Gasteiger partial charge in [-0.2, -0.15) is 0 Å². The Kier molecular flexibility index (Phi) is 4.96. The number of methoxy groups -OCH3 is 1. The summed E-state index contributed by atoms with van der Waals surface area (Å²) in [5.74, 6) is -1.01. The first-order chi connectivity index (χ1) is 8.56. The van der Waals surface area contributed by atoms with Crippen molar-refractivity contribution in [2.75, 3.05) is 13.7 Å². The van der Waals surface area contributed by atoms with Crippen LogP contribution < -0.4 is 10.5 Å². The van der Waals surface area contributed by atoms with Crippen molar-refractivity contribution in [1.82, 2.24) is 4.98 Å². The van der Waals surface area contributed by atoms with Crippen molar-refractivity contribution in [1.29, 1.82) is 0 Å². The normalized spacial score (nSPS) is 10.6. The third-order valence-corrected chi connectivity index (χ3v) is 2.25. The van der Waals surface area contributed by atoms with Gasteiger partial charge in [0.15, 0.2) is 0 Å². The van der Waals surface area contributed by atoms with Crippen molar-refractivity contribution < 1.29 is 23.0 Å². The molecule has 0 bridgehead atoms. The molecule has 1 aromatic rings. The lowest BCUT2D eigenvalue weighted by Crippen LogP contribution is -2.15. The summed E-state index contributed by atoms with van der Waals surface area (Å²) in [4.78, 5) is 15.5. The first kappa shape index (κ1) is 14.3. The fourth-order valence-electron chi connectivity index (χ4n) is 1.49. The maximum absolute atomic E-state index is 12.8. The number of hydrogen-bond donors (Lipinski definition) is 1. The van der Waals surface area contributed by atoms with E-state index in [9.17, 15) is 13.6 Å². The number of carbonyl (C=O) groups is 1. The lowest BCUT2D eigenvalue weighted by atomic mass is 10.1. The Morgan fingerprint density at radius 2 is 2.22 bits per heavy atom. The average Bonchev–Trinajstić information content (AvgIpc) is 2.36. The summed E-state index contributed by atoms with van der Waals surface area (Å²) in [6, 6.07) is 0. The SMILES string of the molecule is CCOC(=O)c1c(CN)ncc(C(F)F)c1OC. The molecule has 0 fully saturated rings. The molecule has 2 N–H and O–H groups in total. The Morgan fingerprint density at radius 1 is 1.56 bits per heavy atom. The van der Waals surface area contributed by atoms with Crippen LogP contribution in [0.1, 0.15) is 35.0 Å². The molecule has 18 heavy (non-hydrogen) atoms. The van der Waals surface area contributed by atoms with E-state index in [1.165, 1.54) is 7.11 Å². The maximum Gasteiger partial charge on any atom is 0.343 e. The summed E-state index contributed by atoms with van der Waals surface area (Å²) in [6.45, 7) is 1.65. The number of esters is 1. The Bertz CT molecular complexity index is 439. The zero-order chi connectivity index (χ0) is 13.7. The molecule has 1 aromatic heterocycles. The van der Waals surface area contributed by atoms with Gasteiger partial charge >= 0.3 is 5.97 Å². The largest absolute Gasteiger partial charge is 0.495 e. The van der Waals surface area contributed by atoms with Crippen molar-refractivity contribution in [3.05, 3.63) is 23.0 Å². The molecule has 0 atom stereocenters. The van der Waals surface area contributed by atoms with Crippen molar-refractivity contribution in [2.45, 2.75) is 19.9 Å². The van der Waals surface area contributed by atoms with E-state index in [4.69, 9.17) is 15.2 Å². The minimum Gasteiger partial charge on any atom is -0.495 e. The van der Waals surface area contributed by atoms with Gasteiger partial charge in [0.05, 0.1) is 25.0 Å². The fourth-order valence-corrected chi connectivity index (χ4v) is 1.49. The number of rotatable bonds is 5. The molecule has 0 spiro atoms. The van der Waals surface area contributed by atoms with E-state index in [1.54, 1.807) is 6.92 Å². The molecule has 0 saturated carbocycles. The number of nitrogens with two attached hydrogens (primary N) is 1. The molecule has 0 amide bonds. The Hall–Kier alpha value is -1.76. The van der Waals surface area contributed by atoms with Crippen LogP contribution in [0.25, 0.3) is 0 Å². The van der Waals surface area contributed by atoms with Gasteiger partial charge in [0.1, 0.15) is 11.3 Å². The summed E-state index contributed by atoms with van der Waals surface area (Å²) in [7, 11) is 1.20. The Labute approximate surface area is 103 Å². The van der Waals surface area contributed by atoms with Gasteiger partial charge in [-0.1, -0.05) is 0 Å². The van der Waals surface area contributed by atoms with Gasteiger partial charge in [-0.05, 0) is 6.92 Å². The summed E-state index contributed by atoms with van der Waals surface area (Å²) in [6.07, 6.45) is -1.85. The molecule has 0 aliphatic heterocycles. The van der Waals surface area contributed by atoms with Gasteiger partial charge in [0.2, 0.25) is 0 Å². The van der Waals surface area contributed by atoms with Crippen LogP contribution in [-0.2, 0) is 11.3 Å². The van der Waals surface area contributed by atoms with Crippen molar-refractivity contribution in [3.8, 4) is 5.75 Å². The van der Waals surface area contributed by atoms with Gasteiger partial charge in [0.25, 0.3) is 6.43 Å². The topological polar surface area (TPSA) is 74.4 Å². The van der Waals surface area contributed by atoms with E-state index >= 15 is 0 Å². The zero-order valence-corrected chi connectivity index (χ0v) is 10.1. The molecule has 0 radical (unpaired) electrons. The smallest absolute Gasteiger partial charge is 0.343 e. The minimum atomic E-state index is -2.80. The van der Waals surface area contributed by atoms with E-state index < -0.39 is 18.0 Å². The molecule has 0 aliphatic carbocycles. The highest BCUT2D eigenvalue weighted by molar-refractivity contribution is 5.94. The first-order valence-corrected chi connectivity index (χ1v) is 5.27. The van der Waals surface area contributed by atoms with Gasteiger partial charge in [-0.15, -0.1) is 0 Å². The van der Waals surface area contributed by atoms with Gasteiger partial charge < -0.3 is 15.2 Å². The second kappa shape index (κ2) is 6.25. The van der Waals surface area contributed by atoms with Gasteiger partial charge in [-0.3, -0.25) is 4.98 Å². The molecular formula is C11H14F2N2O3. The number of alkyl halides is 2. The summed E-state index contributed by atoms with van der Waals surface area (Å²) < 4.78 is 35.2. The molecule has 0 unspecified atom stereocenters. The van der Waals surface area contributed by atoms with E-state index in [0.29, 0.717) is 0 Å². The van der Waals surface area contributed by atoms with E-state index in [0.717, 1.165) is 6.20 Å². The lowest BCUT2D eigenvalue weighted by molar-refractivity contribution is 0.0519. The molecule has 5 nitrogen and oxygen atoms in total. The van der Waals surface area contributed by atoms with Crippen LogP contribution in [0, 0.1) is 0 Å². The average molecular weight is 260 g/mol. The predicted octanol–water partition coefficient (Wildman–Crippen LogP) is 1.66. The molecule has 0 saturated heterocycles. The molecule has 0 aromatic carbocycles. The summed E-state index contributed by atoms with van der Waals surface area (Å²) >= 11 is 0. The van der Waals surface area contributed by atoms with Crippen LogP contribution in [0.3, 0.4) is 0 Å². The lowest BCUT2D eigenvalue weighted by Gasteiger charge is -2.14. The summed E-state index contributed by atoms with van der Waals surface area (Å²) in [5.41, 5.74) is 4.98. The standard InChI is InChI=1S/C11H14F2N2O3/c1-3-18-11(16)8-7(4-14)15-5-6(10(12)13)9(8)17-2/h5,10H,3-4,14H2,1-2H3. The number of ether oxygens (including phenoxy) is 2. The van der Waals surface area contributed by atoms with Crippen LogP contribution >= 0.6 is 0 Å². The number of carbonyl (C=O) groups excluding carboxylic acids is 1.